The number of ether oxygens (including phenoxy) is 1. The minimum atomic E-state index is 0.108. The van der Waals surface area contributed by atoms with E-state index in [0.717, 1.165) is 25.9 Å². The van der Waals surface area contributed by atoms with Crippen LogP contribution in [-0.4, -0.2) is 50.1 Å². The molecule has 0 radical (unpaired) electrons. The van der Waals surface area contributed by atoms with Gasteiger partial charge in [-0.3, -0.25) is 0 Å². The van der Waals surface area contributed by atoms with Crippen molar-refractivity contribution in [3.8, 4) is 0 Å². The molecular weight excluding hydrogens is 252 g/mol. The number of urea groups is 1. The summed E-state index contributed by atoms with van der Waals surface area (Å²) < 4.78 is 5.71. The third-order valence-corrected chi connectivity index (χ3v) is 4.00. The van der Waals surface area contributed by atoms with Gasteiger partial charge in [-0.25, -0.2) is 4.79 Å². The highest BCUT2D eigenvalue weighted by atomic mass is 16.5. The second-order valence-corrected chi connectivity index (χ2v) is 5.57. The number of rotatable bonds is 3. The van der Waals surface area contributed by atoms with Crippen molar-refractivity contribution >= 4 is 6.03 Å². The number of nitrogens with zero attached hydrogens (tertiary/aromatic N) is 2. The first kappa shape index (κ1) is 14.9. The number of hydrogen-bond donors (Lipinski definition) is 0. The third kappa shape index (κ3) is 3.31. The van der Waals surface area contributed by atoms with E-state index < -0.39 is 0 Å². The average molecular weight is 276 g/mol. The Hall–Kier alpha value is -1.55. The second-order valence-electron chi connectivity index (χ2n) is 5.57. The normalized spacial score (nSPS) is 17.9. The van der Waals surface area contributed by atoms with E-state index >= 15 is 0 Å². The van der Waals surface area contributed by atoms with E-state index in [1.54, 1.807) is 26.1 Å². The molecule has 1 aromatic carbocycles. The van der Waals surface area contributed by atoms with Gasteiger partial charge >= 0.3 is 6.03 Å². The molecule has 0 bridgehead atoms. The van der Waals surface area contributed by atoms with Crippen LogP contribution < -0.4 is 0 Å². The van der Waals surface area contributed by atoms with Gasteiger partial charge in [0.15, 0.2) is 0 Å². The summed E-state index contributed by atoms with van der Waals surface area (Å²) in [5.41, 5.74) is 1.23. The van der Waals surface area contributed by atoms with Gasteiger partial charge < -0.3 is 14.5 Å². The highest BCUT2D eigenvalue weighted by Crippen LogP contribution is 2.33. The number of likely N-dealkylation sites (tertiary alicyclic amines) is 1. The van der Waals surface area contributed by atoms with E-state index in [0.29, 0.717) is 5.92 Å². The molecule has 1 fully saturated rings. The van der Waals surface area contributed by atoms with Crippen LogP contribution in [0.15, 0.2) is 30.3 Å². The molecule has 4 heteroatoms. The highest BCUT2D eigenvalue weighted by molar-refractivity contribution is 5.73. The Labute approximate surface area is 121 Å². The molecule has 0 N–H and O–H groups in total. The Morgan fingerprint density at radius 3 is 2.35 bits per heavy atom. The van der Waals surface area contributed by atoms with Gasteiger partial charge in [0.05, 0.1) is 6.10 Å². The predicted octanol–water partition coefficient (Wildman–Crippen LogP) is 2.77. The standard InChI is InChI=1S/C16H24N2O2/c1-17(2)16(19)18-11-9-14(10-12-18)15(20-3)13-7-5-4-6-8-13/h4-8,14-15H,9-12H2,1-3H3. The van der Waals surface area contributed by atoms with Crippen molar-refractivity contribution in [3.05, 3.63) is 35.9 Å². The molecule has 20 heavy (non-hydrogen) atoms. The first-order valence-corrected chi connectivity index (χ1v) is 7.17. The minimum absolute atomic E-state index is 0.108. The zero-order chi connectivity index (χ0) is 14.5. The molecule has 0 aliphatic carbocycles. The number of piperidine rings is 1. The lowest BCUT2D eigenvalue weighted by molar-refractivity contribution is 0.0239. The predicted molar refractivity (Wildman–Crippen MR) is 79.6 cm³/mol. The summed E-state index contributed by atoms with van der Waals surface area (Å²) in [5.74, 6) is 0.480. The van der Waals surface area contributed by atoms with Crippen molar-refractivity contribution in [1.29, 1.82) is 0 Å². The maximum Gasteiger partial charge on any atom is 0.319 e. The molecule has 1 saturated heterocycles. The third-order valence-electron chi connectivity index (χ3n) is 4.00. The Bertz CT molecular complexity index is 425. The highest BCUT2D eigenvalue weighted by Gasteiger charge is 2.29. The fourth-order valence-electron chi connectivity index (χ4n) is 2.92. The molecule has 2 amide bonds. The first-order valence-electron chi connectivity index (χ1n) is 7.17. The second kappa shape index (κ2) is 6.75. The molecule has 2 rings (SSSR count). The number of amides is 2. The molecule has 1 aliphatic heterocycles. The van der Waals surface area contributed by atoms with Crippen LogP contribution in [0.4, 0.5) is 4.79 Å². The van der Waals surface area contributed by atoms with Crippen LogP contribution >= 0.6 is 0 Å². The van der Waals surface area contributed by atoms with Gasteiger partial charge in [0.25, 0.3) is 0 Å². The van der Waals surface area contributed by atoms with E-state index in [9.17, 15) is 4.79 Å². The van der Waals surface area contributed by atoms with Crippen molar-refractivity contribution in [3.63, 3.8) is 0 Å². The molecular formula is C16H24N2O2. The maximum absolute atomic E-state index is 11.9. The van der Waals surface area contributed by atoms with E-state index in [1.165, 1.54) is 5.56 Å². The zero-order valence-corrected chi connectivity index (χ0v) is 12.6. The Balaban J connectivity index is 1.97. The summed E-state index contributed by atoms with van der Waals surface area (Å²) in [6.45, 7) is 1.63. The topological polar surface area (TPSA) is 32.8 Å². The average Bonchev–Trinajstić information content (AvgIpc) is 2.49. The summed E-state index contributed by atoms with van der Waals surface area (Å²) in [6, 6.07) is 10.5. The Kier molecular flexibility index (Phi) is 5.01. The Morgan fingerprint density at radius 2 is 1.85 bits per heavy atom. The van der Waals surface area contributed by atoms with Crippen LogP contribution in [0.3, 0.4) is 0 Å². The van der Waals surface area contributed by atoms with Gasteiger partial charge in [-0.2, -0.15) is 0 Å². The lowest BCUT2D eigenvalue weighted by Gasteiger charge is -2.36. The van der Waals surface area contributed by atoms with Crippen molar-refractivity contribution in [2.24, 2.45) is 5.92 Å². The van der Waals surface area contributed by atoms with Gasteiger partial charge in [-0.05, 0) is 24.3 Å². The maximum atomic E-state index is 11.9. The van der Waals surface area contributed by atoms with Gasteiger partial charge in [-0.1, -0.05) is 30.3 Å². The fourth-order valence-corrected chi connectivity index (χ4v) is 2.92. The molecule has 1 aromatic rings. The lowest BCUT2D eigenvalue weighted by Crippen LogP contribution is -2.44. The quantitative estimate of drug-likeness (QED) is 0.850. The van der Waals surface area contributed by atoms with Gasteiger partial charge in [0, 0.05) is 34.3 Å². The van der Waals surface area contributed by atoms with Crippen molar-refractivity contribution in [1.82, 2.24) is 9.80 Å². The monoisotopic (exact) mass is 276 g/mol. The molecule has 1 aliphatic rings. The molecule has 0 saturated carbocycles. The summed E-state index contributed by atoms with van der Waals surface area (Å²) in [7, 11) is 5.38. The fraction of sp³-hybridized carbons (Fsp3) is 0.562. The van der Waals surface area contributed by atoms with Gasteiger partial charge in [0.1, 0.15) is 0 Å². The molecule has 1 atom stereocenters. The summed E-state index contributed by atoms with van der Waals surface area (Å²) in [5, 5.41) is 0. The zero-order valence-electron chi connectivity index (χ0n) is 12.6. The molecule has 0 aromatic heterocycles. The van der Waals surface area contributed by atoms with E-state index in [1.807, 2.05) is 23.1 Å². The van der Waals surface area contributed by atoms with Crippen LogP contribution in [0.25, 0.3) is 0 Å². The molecule has 1 heterocycles. The Morgan fingerprint density at radius 1 is 1.25 bits per heavy atom. The first-order chi connectivity index (χ1) is 9.63. The van der Waals surface area contributed by atoms with E-state index in [4.69, 9.17) is 4.74 Å². The lowest BCUT2D eigenvalue weighted by atomic mass is 9.87. The molecule has 0 spiro atoms. The van der Waals surface area contributed by atoms with Crippen LogP contribution in [0.5, 0.6) is 0 Å². The van der Waals surface area contributed by atoms with E-state index in [2.05, 4.69) is 12.1 Å². The molecule has 1 unspecified atom stereocenters. The van der Waals surface area contributed by atoms with Crippen molar-refractivity contribution in [2.75, 3.05) is 34.3 Å². The van der Waals surface area contributed by atoms with Crippen LogP contribution in [-0.2, 0) is 4.74 Å². The van der Waals surface area contributed by atoms with Crippen molar-refractivity contribution in [2.45, 2.75) is 18.9 Å². The van der Waals surface area contributed by atoms with Crippen LogP contribution in [0, 0.1) is 5.92 Å². The minimum Gasteiger partial charge on any atom is -0.376 e. The number of carbonyl (C=O) groups is 1. The molecule has 4 nitrogen and oxygen atoms in total. The SMILES string of the molecule is COC(c1ccccc1)C1CCN(C(=O)N(C)C)CC1. The number of hydrogen-bond acceptors (Lipinski definition) is 2. The smallest absolute Gasteiger partial charge is 0.319 e. The van der Waals surface area contributed by atoms with Crippen molar-refractivity contribution < 1.29 is 9.53 Å². The van der Waals surface area contributed by atoms with Gasteiger partial charge in [0.2, 0.25) is 0 Å². The van der Waals surface area contributed by atoms with Crippen LogP contribution in [0.2, 0.25) is 0 Å². The van der Waals surface area contributed by atoms with Crippen LogP contribution in [0.1, 0.15) is 24.5 Å². The number of benzene rings is 1. The summed E-state index contributed by atoms with van der Waals surface area (Å²) in [4.78, 5) is 15.5. The van der Waals surface area contributed by atoms with Gasteiger partial charge in [-0.15, -0.1) is 0 Å². The molecule has 110 valence electrons. The number of methoxy groups -OCH3 is 1. The summed E-state index contributed by atoms with van der Waals surface area (Å²) in [6.07, 6.45) is 2.12. The van der Waals surface area contributed by atoms with E-state index in [-0.39, 0.29) is 12.1 Å². The largest absolute Gasteiger partial charge is 0.376 e. The number of carbonyl (C=O) groups excluding carboxylic acids is 1. The summed E-state index contributed by atoms with van der Waals surface area (Å²) >= 11 is 0.